The number of rotatable bonds is 2. The molecule has 7 heteroatoms. The standard InChI is InChI=1S/C18H15BrFN3OS/c19-13-4-1-3-12(11-13)17(24)22-7-9-23(10-8-22)18-21-16-14(20)5-2-6-15(16)25-18/h1-6,11H,7-10H2. The highest BCUT2D eigenvalue weighted by atomic mass is 79.9. The quantitative estimate of drug-likeness (QED) is 0.625. The van der Waals surface area contributed by atoms with Gasteiger partial charge >= 0.3 is 0 Å². The second kappa shape index (κ2) is 6.72. The van der Waals surface area contributed by atoms with Gasteiger partial charge in [-0.2, -0.15) is 0 Å². The number of amides is 1. The summed E-state index contributed by atoms with van der Waals surface area (Å²) in [4.78, 5) is 21.0. The van der Waals surface area contributed by atoms with Crippen molar-refractivity contribution in [3.8, 4) is 0 Å². The minimum atomic E-state index is -0.288. The van der Waals surface area contributed by atoms with E-state index in [1.165, 1.54) is 17.4 Å². The minimum Gasteiger partial charge on any atom is -0.345 e. The van der Waals surface area contributed by atoms with Gasteiger partial charge in [-0.1, -0.05) is 39.4 Å². The number of aromatic nitrogens is 1. The van der Waals surface area contributed by atoms with Crippen LogP contribution in [0.3, 0.4) is 0 Å². The zero-order chi connectivity index (χ0) is 17.4. The number of anilines is 1. The first-order valence-corrected chi connectivity index (χ1v) is 9.57. The molecule has 128 valence electrons. The number of nitrogens with zero attached hydrogens (tertiary/aromatic N) is 3. The van der Waals surface area contributed by atoms with E-state index in [4.69, 9.17) is 0 Å². The number of halogens is 2. The van der Waals surface area contributed by atoms with E-state index >= 15 is 0 Å². The number of para-hydroxylation sites is 1. The van der Waals surface area contributed by atoms with Gasteiger partial charge in [0.25, 0.3) is 5.91 Å². The van der Waals surface area contributed by atoms with Gasteiger partial charge in [0.15, 0.2) is 5.13 Å². The lowest BCUT2D eigenvalue weighted by Crippen LogP contribution is -2.48. The molecule has 4 rings (SSSR count). The average molecular weight is 420 g/mol. The Morgan fingerprint density at radius 1 is 1.12 bits per heavy atom. The van der Waals surface area contributed by atoms with Gasteiger partial charge in [0.05, 0.1) is 4.70 Å². The molecule has 4 nitrogen and oxygen atoms in total. The summed E-state index contributed by atoms with van der Waals surface area (Å²) in [6.07, 6.45) is 0. The van der Waals surface area contributed by atoms with Crippen LogP contribution in [0.4, 0.5) is 9.52 Å². The van der Waals surface area contributed by atoms with Crippen LogP contribution in [-0.2, 0) is 0 Å². The average Bonchev–Trinajstić information content (AvgIpc) is 3.07. The molecular weight excluding hydrogens is 405 g/mol. The zero-order valence-corrected chi connectivity index (χ0v) is 15.7. The van der Waals surface area contributed by atoms with Crippen molar-refractivity contribution in [2.45, 2.75) is 0 Å². The number of benzene rings is 2. The number of fused-ring (bicyclic) bond motifs is 1. The lowest BCUT2D eigenvalue weighted by Gasteiger charge is -2.34. The van der Waals surface area contributed by atoms with Gasteiger partial charge in [-0.15, -0.1) is 0 Å². The molecular formula is C18H15BrFN3OS. The van der Waals surface area contributed by atoms with Crippen LogP contribution in [0.25, 0.3) is 10.2 Å². The molecule has 0 radical (unpaired) electrons. The summed E-state index contributed by atoms with van der Waals surface area (Å²) in [5.74, 6) is -0.250. The highest BCUT2D eigenvalue weighted by Crippen LogP contribution is 2.30. The largest absolute Gasteiger partial charge is 0.345 e. The van der Waals surface area contributed by atoms with Crippen molar-refractivity contribution in [2.75, 3.05) is 31.1 Å². The Kier molecular flexibility index (Phi) is 4.43. The molecule has 2 heterocycles. The molecule has 0 unspecified atom stereocenters. The third kappa shape index (κ3) is 3.26. The predicted octanol–water partition coefficient (Wildman–Crippen LogP) is 4.16. The molecule has 3 aromatic rings. The molecule has 1 aliphatic rings. The van der Waals surface area contributed by atoms with Crippen molar-refractivity contribution < 1.29 is 9.18 Å². The summed E-state index contributed by atoms with van der Waals surface area (Å²) in [6, 6.07) is 12.5. The molecule has 1 aliphatic heterocycles. The summed E-state index contributed by atoms with van der Waals surface area (Å²) in [7, 11) is 0. The molecule has 0 saturated carbocycles. The fraction of sp³-hybridized carbons (Fsp3) is 0.222. The third-order valence-corrected chi connectivity index (χ3v) is 5.84. The first-order valence-electron chi connectivity index (χ1n) is 7.97. The molecule has 1 fully saturated rings. The summed E-state index contributed by atoms with van der Waals surface area (Å²) < 4.78 is 15.6. The maximum atomic E-state index is 13.8. The number of hydrogen-bond acceptors (Lipinski definition) is 4. The van der Waals surface area contributed by atoms with E-state index in [1.54, 1.807) is 6.07 Å². The summed E-state index contributed by atoms with van der Waals surface area (Å²) in [5, 5.41) is 0.814. The molecule has 2 aromatic carbocycles. The van der Waals surface area contributed by atoms with Crippen LogP contribution in [-0.4, -0.2) is 42.0 Å². The van der Waals surface area contributed by atoms with Crippen LogP contribution < -0.4 is 4.90 Å². The minimum absolute atomic E-state index is 0.0382. The Morgan fingerprint density at radius 3 is 2.60 bits per heavy atom. The van der Waals surface area contributed by atoms with Gasteiger partial charge in [-0.3, -0.25) is 4.79 Å². The van der Waals surface area contributed by atoms with Crippen LogP contribution in [0.2, 0.25) is 0 Å². The van der Waals surface area contributed by atoms with Gasteiger partial charge in [0.2, 0.25) is 0 Å². The third-order valence-electron chi connectivity index (χ3n) is 4.27. The van der Waals surface area contributed by atoms with Crippen molar-refractivity contribution in [1.29, 1.82) is 0 Å². The van der Waals surface area contributed by atoms with E-state index in [-0.39, 0.29) is 11.7 Å². The van der Waals surface area contributed by atoms with E-state index in [0.29, 0.717) is 37.3 Å². The molecule has 1 saturated heterocycles. The highest BCUT2D eigenvalue weighted by molar-refractivity contribution is 9.10. The van der Waals surface area contributed by atoms with Crippen molar-refractivity contribution >= 4 is 48.5 Å². The maximum Gasteiger partial charge on any atom is 0.254 e. The predicted molar refractivity (Wildman–Crippen MR) is 102 cm³/mol. The molecule has 1 aromatic heterocycles. The summed E-state index contributed by atoms with van der Waals surface area (Å²) in [5.41, 5.74) is 1.11. The Balaban J connectivity index is 1.47. The summed E-state index contributed by atoms with van der Waals surface area (Å²) in [6.45, 7) is 2.65. The second-order valence-electron chi connectivity index (χ2n) is 5.87. The van der Waals surface area contributed by atoms with E-state index < -0.39 is 0 Å². The van der Waals surface area contributed by atoms with Crippen molar-refractivity contribution in [3.63, 3.8) is 0 Å². The van der Waals surface area contributed by atoms with Gasteiger partial charge in [-0.05, 0) is 30.3 Å². The molecule has 1 amide bonds. The molecule has 0 atom stereocenters. The highest BCUT2D eigenvalue weighted by Gasteiger charge is 2.24. The first kappa shape index (κ1) is 16.5. The number of carbonyl (C=O) groups excluding carboxylic acids is 1. The van der Waals surface area contributed by atoms with Gasteiger partial charge in [-0.25, -0.2) is 9.37 Å². The van der Waals surface area contributed by atoms with Crippen molar-refractivity contribution in [1.82, 2.24) is 9.88 Å². The molecule has 25 heavy (non-hydrogen) atoms. The lowest BCUT2D eigenvalue weighted by atomic mass is 10.2. The van der Waals surface area contributed by atoms with Crippen molar-refractivity contribution in [2.24, 2.45) is 0 Å². The number of hydrogen-bond donors (Lipinski definition) is 0. The molecule has 0 bridgehead atoms. The van der Waals surface area contributed by atoms with E-state index in [2.05, 4.69) is 25.8 Å². The molecule has 0 spiro atoms. The fourth-order valence-electron chi connectivity index (χ4n) is 2.94. The van der Waals surface area contributed by atoms with Crippen LogP contribution >= 0.6 is 27.3 Å². The lowest BCUT2D eigenvalue weighted by molar-refractivity contribution is 0.0746. The fourth-order valence-corrected chi connectivity index (χ4v) is 4.37. The Bertz CT molecular complexity index is 937. The molecule has 0 N–H and O–H groups in total. The van der Waals surface area contributed by atoms with Crippen LogP contribution in [0.1, 0.15) is 10.4 Å². The smallest absolute Gasteiger partial charge is 0.254 e. The van der Waals surface area contributed by atoms with Crippen LogP contribution in [0.15, 0.2) is 46.9 Å². The topological polar surface area (TPSA) is 36.4 Å². The van der Waals surface area contributed by atoms with Crippen LogP contribution in [0, 0.1) is 5.82 Å². The van der Waals surface area contributed by atoms with E-state index in [0.717, 1.165) is 14.3 Å². The Morgan fingerprint density at radius 2 is 1.88 bits per heavy atom. The molecule has 0 aliphatic carbocycles. The van der Waals surface area contributed by atoms with Gasteiger partial charge in [0, 0.05) is 36.2 Å². The van der Waals surface area contributed by atoms with Crippen molar-refractivity contribution in [3.05, 3.63) is 58.3 Å². The maximum absolute atomic E-state index is 13.8. The zero-order valence-electron chi connectivity index (χ0n) is 13.3. The van der Waals surface area contributed by atoms with Crippen LogP contribution in [0.5, 0.6) is 0 Å². The number of piperazine rings is 1. The van der Waals surface area contributed by atoms with Gasteiger partial charge < -0.3 is 9.80 Å². The van der Waals surface area contributed by atoms with E-state index in [9.17, 15) is 9.18 Å². The van der Waals surface area contributed by atoms with Gasteiger partial charge in [0.1, 0.15) is 11.3 Å². The van der Waals surface area contributed by atoms with E-state index in [1.807, 2.05) is 35.2 Å². The number of thiazole rings is 1. The SMILES string of the molecule is O=C(c1cccc(Br)c1)N1CCN(c2nc3c(F)cccc3s2)CC1. The number of carbonyl (C=O) groups is 1. The Hall–Kier alpha value is -1.99. The first-order chi connectivity index (χ1) is 12.1. The second-order valence-corrected chi connectivity index (χ2v) is 7.80. The monoisotopic (exact) mass is 419 g/mol. The summed E-state index contributed by atoms with van der Waals surface area (Å²) >= 11 is 4.89. The normalized spacial score (nSPS) is 15.0. The Labute approximate surface area is 157 Å².